The Morgan fingerprint density at radius 1 is 1.29 bits per heavy atom. The predicted molar refractivity (Wildman–Crippen MR) is 75.3 cm³/mol. The highest BCUT2D eigenvalue weighted by atomic mass is 79.9. The van der Waals surface area contributed by atoms with Crippen LogP contribution in [0, 0.1) is 5.92 Å². The van der Waals surface area contributed by atoms with Gasteiger partial charge in [0.15, 0.2) is 0 Å². The summed E-state index contributed by atoms with van der Waals surface area (Å²) in [4.78, 5) is 0. The van der Waals surface area contributed by atoms with Crippen LogP contribution in [0.15, 0.2) is 22.7 Å². The largest absolute Gasteiger partial charge is 0.388 e. The van der Waals surface area contributed by atoms with Gasteiger partial charge in [-0.1, -0.05) is 55.8 Å². The smallest absolute Gasteiger partial charge is 0.0807 e. The Morgan fingerprint density at radius 2 is 2.00 bits per heavy atom. The molecular weight excluding hydrogens is 300 g/mol. The lowest BCUT2D eigenvalue weighted by molar-refractivity contribution is 0.131. The van der Waals surface area contributed by atoms with Crippen LogP contribution in [0.3, 0.4) is 0 Å². The van der Waals surface area contributed by atoms with Gasteiger partial charge in [-0.05, 0) is 34.3 Å². The Kier molecular flexibility index (Phi) is 4.89. The molecule has 2 rings (SSSR count). The number of benzene rings is 1. The molecular formula is C14H18BrClO. The van der Waals surface area contributed by atoms with Gasteiger partial charge in [0.25, 0.3) is 0 Å². The van der Waals surface area contributed by atoms with Gasteiger partial charge >= 0.3 is 0 Å². The number of hydrogen-bond donors (Lipinski definition) is 1. The van der Waals surface area contributed by atoms with Gasteiger partial charge < -0.3 is 5.11 Å². The van der Waals surface area contributed by atoms with Crippen LogP contribution in [-0.2, 0) is 0 Å². The summed E-state index contributed by atoms with van der Waals surface area (Å²) < 4.78 is 0.861. The van der Waals surface area contributed by atoms with Crippen molar-refractivity contribution >= 4 is 27.5 Å². The zero-order valence-corrected chi connectivity index (χ0v) is 12.2. The summed E-state index contributed by atoms with van der Waals surface area (Å²) in [6.07, 6.45) is 6.89. The van der Waals surface area contributed by atoms with Crippen LogP contribution in [0.2, 0.25) is 5.02 Å². The molecule has 0 spiro atoms. The first-order valence-electron chi connectivity index (χ1n) is 6.30. The Balaban J connectivity index is 2.03. The summed E-state index contributed by atoms with van der Waals surface area (Å²) in [6, 6.07) is 5.75. The summed E-state index contributed by atoms with van der Waals surface area (Å²) in [5, 5.41) is 10.9. The minimum Gasteiger partial charge on any atom is -0.388 e. The number of rotatable bonds is 3. The number of aliphatic hydroxyl groups excluding tert-OH is 1. The molecule has 0 aliphatic heterocycles. The van der Waals surface area contributed by atoms with E-state index in [0.717, 1.165) is 16.5 Å². The van der Waals surface area contributed by atoms with E-state index in [2.05, 4.69) is 15.9 Å². The Labute approximate surface area is 116 Å². The maximum Gasteiger partial charge on any atom is 0.0807 e. The van der Waals surface area contributed by atoms with Crippen LogP contribution in [0.5, 0.6) is 0 Å². The molecule has 0 heterocycles. The van der Waals surface area contributed by atoms with E-state index in [1.165, 1.54) is 32.1 Å². The van der Waals surface area contributed by atoms with Gasteiger partial charge in [-0.2, -0.15) is 0 Å². The Morgan fingerprint density at radius 3 is 2.71 bits per heavy atom. The molecule has 1 N–H and O–H groups in total. The van der Waals surface area contributed by atoms with Gasteiger partial charge in [0.1, 0.15) is 0 Å². The standard InChI is InChI=1S/C14H18BrClO/c15-12-8-4-7-11(14(12)16)13(17)9-10-5-2-1-3-6-10/h4,7-8,10,13,17H,1-3,5-6,9H2. The van der Waals surface area contributed by atoms with E-state index in [9.17, 15) is 5.11 Å². The van der Waals surface area contributed by atoms with Gasteiger partial charge in [-0.15, -0.1) is 0 Å². The van der Waals surface area contributed by atoms with Crippen molar-refractivity contribution < 1.29 is 5.11 Å². The third-order valence-electron chi connectivity index (χ3n) is 3.62. The van der Waals surface area contributed by atoms with Crippen molar-refractivity contribution in [2.45, 2.75) is 44.6 Å². The molecule has 1 aromatic rings. The van der Waals surface area contributed by atoms with E-state index in [1.54, 1.807) is 0 Å². The number of halogens is 2. The van der Waals surface area contributed by atoms with Crippen LogP contribution < -0.4 is 0 Å². The third-order valence-corrected chi connectivity index (χ3v) is 4.93. The van der Waals surface area contributed by atoms with Crippen LogP contribution in [-0.4, -0.2) is 5.11 Å². The summed E-state index contributed by atoms with van der Waals surface area (Å²) >= 11 is 9.60. The molecule has 1 atom stereocenters. The van der Waals surface area contributed by atoms with Gasteiger partial charge in [0.2, 0.25) is 0 Å². The minimum atomic E-state index is -0.428. The van der Waals surface area contributed by atoms with E-state index in [-0.39, 0.29) is 0 Å². The molecule has 0 radical (unpaired) electrons. The van der Waals surface area contributed by atoms with E-state index < -0.39 is 6.10 Å². The quantitative estimate of drug-likeness (QED) is 0.821. The second kappa shape index (κ2) is 6.21. The highest BCUT2D eigenvalue weighted by Crippen LogP contribution is 2.36. The van der Waals surface area contributed by atoms with Gasteiger partial charge in [0, 0.05) is 10.0 Å². The molecule has 0 bridgehead atoms. The fourth-order valence-corrected chi connectivity index (χ4v) is 3.28. The van der Waals surface area contributed by atoms with Gasteiger partial charge in [0.05, 0.1) is 11.1 Å². The molecule has 3 heteroatoms. The molecule has 1 saturated carbocycles. The molecule has 94 valence electrons. The first-order valence-corrected chi connectivity index (χ1v) is 7.47. The monoisotopic (exact) mass is 316 g/mol. The third kappa shape index (κ3) is 3.46. The molecule has 1 aliphatic carbocycles. The van der Waals surface area contributed by atoms with Crippen molar-refractivity contribution in [3.05, 3.63) is 33.3 Å². The van der Waals surface area contributed by atoms with Crippen LogP contribution in [0.4, 0.5) is 0 Å². The predicted octanol–water partition coefficient (Wildman–Crippen LogP) is 5.11. The molecule has 0 aromatic heterocycles. The first-order chi connectivity index (χ1) is 8.18. The molecule has 0 saturated heterocycles. The SMILES string of the molecule is OC(CC1CCCCC1)c1cccc(Br)c1Cl. The second-order valence-corrected chi connectivity index (χ2v) is 6.13. The molecule has 1 fully saturated rings. The lowest BCUT2D eigenvalue weighted by atomic mass is 9.84. The van der Waals surface area contributed by atoms with Crippen molar-refractivity contribution in [2.75, 3.05) is 0 Å². The summed E-state index contributed by atoms with van der Waals surface area (Å²) in [7, 11) is 0. The maximum atomic E-state index is 10.3. The van der Waals surface area contributed by atoms with Gasteiger partial charge in [-0.3, -0.25) is 0 Å². The summed E-state index contributed by atoms with van der Waals surface area (Å²) in [5.74, 6) is 0.661. The molecule has 17 heavy (non-hydrogen) atoms. The number of hydrogen-bond acceptors (Lipinski definition) is 1. The lowest BCUT2D eigenvalue weighted by Crippen LogP contribution is -2.11. The summed E-state index contributed by atoms with van der Waals surface area (Å²) in [6.45, 7) is 0. The average Bonchev–Trinajstić information content (AvgIpc) is 2.34. The topological polar surface area (TPSA) is 20.2 Å². The zero-order chi connectivity index (χ0) is 12.3. The molecule has 0 amide bonds. The maximum absolute atomic E-state index is 10.3. The van der Waals surface area contributed by atoms with Crippen molar-refractivity contribution in [1.82, 2.24) is 0 Å². The number of aliphatic hydroxyl groups is 1. The zero-order valence-electron chi connectivity index (χ0n) is 9.83. The minimum absolute atomic E-state index is 0.428. The fraction of sp³-hybridized carbons (Fsp3) is 0.571. The molecule has 1 nitrogen and oxygen atoms in total. The first kappa shape index (κ1) is 13.4. The van der Waals surface area contributed by atoms with Crippen LogP contribution in [0.1, 0.15) is 50.2 Å². The van der Waals surface area contributed by atoms with E-state index >= 15 is 0 Å². The normalized spacial score (nSPS) is 19.2. The average molecular weight is 318 g/mol. The van der Waals surface area contributed by atoms with Gasteiger partial charge in [-0.25, -0.2) is 0 Å². The lowest BCUT2D eigenvalue weighted by Gasteiger charge is -2.24. The second-order valence-electron chi connectivity index (χ2n) is 4.90. The van der Waals surface area contributed by atoms with Crippen molar-refractivity contribution in [3.63, 3.8) is 0 Å². The molecule has 1 aromatic carbocycles. The van der Waals surface area contributed by atoms with Crippen molar-refractivity contribution in [3.8, 4) is 0 Å². The van der Waals surface area contributed by atoms with E-state index in [4.69, 9.17) is 11.6 Å². The van der Waals surface area contributed by atoms with Crippen molar-refractivity contribution in [1.29, 1.82) is 0 Å². The fourth-order valence-electron chi connectivity index (χ4n) is 2.64. The Hall–Kier alpha value is -0.0500. The van der Waals surface area contributed by atoms with E-state index in [1.807, 2.05) is 18.2 Å². The van der Waals surface area contributed by atoms with Crippen molar-refractivity contribution in [2.24, 2.45) is 5.92 Å². The molecule has 1 unspecified atom stereocenters. The van der Waals surface area contributed by atoms with Crippen LogP contribution in [0.25, 0.3) is 0 Å². The molecule has 1 aliphatic rings. The Bertz CT molecular complexity index is 374. The highest BCUT2D eigenvalue weighted by molar-refractivity contribution is 9.10. The van der Waals surface area contributed by atoms with Crippen LogP contribution >= 0.6 is 27.5 Å². The summed E-state index contributed by atoms with van der Waals surface area (Å²) in [5.41, 5.74) is 0.853. The van der Waals surface area contributed by atoms with E-state index in [0.29, 0.717) is 10.9 Å². The highest BCUT2D eigenvalue weighted by Gasteiger charge is 2.20.